The lowest BCUT2D eigenvalue weighted by Crippen LogP contribution is -2.31. The van der Waals surface area contributed by atoms with E-state index in [1.165, 1.54) is 16.5 Å². The molecule has 2 aliphatic rings. The van der Waals surface area contributed by atoms with Crippen LogP contribution in [-0.2, 0) is 0 Å². The highest BCUT2D eigenvalue weighted by Crippen LogP contribution is 2.40. The number of hydrogen-bond donors (Lipinski definition) is 1. The molecule has 0 bridgehead atoms. The molecule has 5 rings (SSSR count). The summed E-state index contributed by atoms with van der Waals surface area (Å²) in [6.07, 6.45) is 0.697. The zero-order valence-electron chi connectivity index (χ0n) is 17.5. The van der Waals surface area contributed by atoms with Crippen molar-refractivity contribution >= 4 is 39.5 Å². The van der Waals surface area contributed by atoms with Gasteiger partial charge in [0, 0.05) is 37.2 Å². The highest BCUT2D eigenvalue weighted by molar-refractivity contribution is 7.80. The van der Waals surface area contributed by atoms with Crippen LogP contribution < -0.4 is 20.1 Å². The van der Waals surface area contributed by atoms with E-state index in [0.29, 0.717) is 19.6 Å². The Morgan fingerprint density at radius 1 is 1.03 bits per heavy atom. The molecule has 0 saturated carbocycles. The Morgan fingerprint density at radius 3 is 2.52 bits per heavy atom. The molecule has 3 aromatic carbocycles. The molecule has 0 fully saturated rings. The van der Waals surface area contributed by atoms with Crippen LogP contribution >= 0.6 is 12.2 Å². The van der Waals surface area contributed by atoms with E-state index in [1.54, 1.807) is 5.01 Å². The summed E-state index contributed by atoms with van der Waals surface area (Å²) >= 11 is 5.37. The molecule has 31 heavy (non-hydrogen) atoms. The number of nitrogens with two attached hydrogens (primary N) is 1. The average Bonchev–Trinajstić information content (AvgIpc) is 3.23. The summed E-state index contributed by atoms with van der Waals surface area (Å²) in [4.78, 5) is 2.13. The maximum atomic E-state index is 6.10. The molecule has 0 spiro atoms. The molecule has 2 heterocycles. The van der Waals surface area contributed by atoms with Crippen molar-refractivity contribution in [2.24, 2.45) is 10.8 Å². The minimum Gasteiger partial charge on any atom is -0.486 e. The highest BCUT2D eigenvalue weighted by Gasteiger charge is 2.32. The van der Waals surface area contributed by atoms with Gasteiger partial charge in [-0.25, -0.2) is 5.01 Å². The molecule has 6 nitrogen and oxygen atoms in total. The predicted molar refractivity (Wildman–Crippen MR) is 128 cm³/mol. The molecule has 158 valence electrons. The molecule has 0 amide bonds. The molecule has 2 aliphatic heterocycles. The van der Waals surface area contributed by atoms with E-state index in [1.807, 2.05) is 18.2 Å². The van der Waals surface area contributed by atoms with Gasteiger partial charge in [-0.15, -0.1) is 0 Å². The smallest absolute Gasteiger partial charge is 0.187 e. The summed E-state index contributed by atoms with van der Waals surface area (Å²) in [6.45, 7) is 1.12. The Labute approximate surface area is 186 Å². The number of ether oxygens (including phenoxy) is 2. The van der Waals surface area contributed by atoms with Gasteiger partial charge in [0.2, 0.25) is 0 Å². The van der Waals surface area contributed by atoms with Crippen LogP contribution in [0, 0.1) is 0 Å². The highest BCUT2D eigenvalue weighted by atomic mass is 32.1. The van der Waals surface area contributed by atoms with E-state index in [2.05, 4.69) is 55.4 Å². The van der Waals surface area contributed by atoms with Crippen molar-refractivity contribution in [2.45, 2.75) is 12.5 Å². The molecule has 3 aromatic rings. The normalized spacial score (nSPS) is 17.5. The fourth-order valence-electron chi connectivity index (χ4n) is 4.34. The van der Waals surface area contributed by atoms with Crippen LogP contribution in [0.2, 0.25) is 0 Å². The van der Waals surface area contributed by atoms with Gasteiger partial charge in [0.1, 0.15) is 13.2 Å². The average molecular weight is 433 g/mol. The minimum atomic E-state index is -0.0678. The molecule has 1 atom stereocenters. The molecule has 0 aliphatic carbocycles. The fourth-order valence-corrected chi connectivity index (χ4v) is 4.51. The third kappa shape index (κ3) is 3.45. The number of nitrogens with zero attached hydrogens (tertiary/aromatic N) is 3. The van der Waals surface area contributed by atoms with Gasteiger partial charge in [0.25, 0.3) is 0 Å². The number of benzene rings is 3. The number of hydrazone groups is 1. The maximum Gasteiger partial charge on any atom is 0.187 e. The van der Waals surface area contributed by atoms with E-state index in [0.717, 1.165) is 28.3 Å². The van der Waals surface area contributed by atoms with Crippen LogP contribution in [0.1, 0.15) is 23.6 Å². The predicted octanol–water partition coefficient (Wildman–Crippen LogP) is 4.07. The van der Waals surface area contributed by atoms with Gasteiger partial charge in [-0.3, -0.25) is 0 Å². The van der Waals surface area contributed by atoms with Crippen molar-refractivity contribution in [2.75, 3.05) is 32.2 Å². The van der Waals surface area contributed by atoms with E-state index in [-0.39, 0.29) is 11.2 Å². The summed E-state index contributed by atoms with van der Waals surface area (Å²) in [5.74, 6) is 1.51. The first kappa shape index (κ1) is 19.6. The SMILES string of the molecule is CN(C)c1ccc(C2CC(c3ccc4c(c3)OCCO4)=NN2C(N)=S)c2ccccc12. The van der Waals surface area contributed by atoms with Crippen molar-refractivity contribution in [1.29, 1.82) is 0 Å². The maximum absolute atomic E-state index is 6.10. The number of rotatable bonds is 3. The van der Waals surface area contributed by atoms with E-state index in [4.69, 9.17) is 32.5 Å². The van der Waals surface area contributed by atoms with Crippen molar-refractivity contribution in [3.63, 3.8) is 0 Å². The first-order valence-electron chi connectivity index (χ1n) is 10.3. The van der Waals surface area contributed by atoms with Crippen LogP contribution in [0.5, 0.6) is 11.5 Å². The second kappa shape index (κ2) is 7.74. The van der Waals surface area contributed by atoms with Crippen LogP contribution in [-0.4, -0.2) is 43.1 Å². The molecular weight excluding hydrogens is 408 g/mol. The number of hydrogen-bond acceptors (Lipinski definition) is 5. The van der Waals surface area contributed by atoms with Gasteiger partial charge in [0.05, 0.1) is 11.8 Å². The summed E-state index contributed by atoms with van der Waals surface area (Å²) in [5.41, 5.74) is 10.3. The lowest BCUT2D eigenvalue weighted by atomic mass is 9.93. The van der Waals surface area contributed by atoms with Gasteiger partial charge in [-0.1, -0.05) is 30.3 Å². The van der Waals surface area contributed by atoms with Gasteiger partial charge >= 0.3 is 0 Å². The van der Waals surface area contributed by atoms with Crippen LogP contribution in [0.25, 0.3) is 10.8 Å². The first-order chi connectivity index (χ1) is 15.0. The second-order valence-corrected chi connectivity index (χ2v) is 8.34. The zero-order chi connectivity index (χ0) is 21.5. The minimum absolute atomic E-state index is 0.0678. The van der Waals surface area contributed by atoms with Gasteiger partial charge < -0.3 is 20.1 Å². The number of thiocarbonyl (C=S) groups is 1. The zero-order valence-corrected chi connectivity index (χ0v) is 18.4. The lowest BCUT2D eigenvalue weighted by molar-refractivity contribution is 0.171. The van der Waals surface area contributed by atoms with Crippen molar-refractivity contribution in [1.82, 2.24) is 5.01 Å². The second-order valence-electron chi connectivity index (χ2n) is 7.92. The molecule has 7 heteroatoms. The molecule has 0 aromatic heterocycles. The lowest BCUT2D eigenvalue weighted by Gasteiger charge is -2.25. The monoisotopic (exact) mass is 432 g/mol. The Kier molecular flexibility index (Phi) is 4.90. The summed E-state index contributed by atoms with van der Waals surface area (Å²) in [5, 5.41) is 9.20. The largest absolute Gasteiger partial charge is 0.486 e. The number of anilines is 1. The number of fused-ring (bicyclic) bond motifs is 2. The van der Waals surface area contributed by atoms with Crippen molar-refractivity contribution < 1.29 is 9.47 Å². The van der Waals surface area contributed by atoms with E-state index >= 15 is 0 Å². The Bertz CT molecular complexity index is 1210. The van der Waals surface area contributed by atoms with Gasteiger partial charge in [-0.2, -0.15) is 5.10 Å². The quantitative estimate of drug-likeness (QED) is 0.630. The Balaban J connectivity index is 1.56. The van der Waals surface area contributed by atoms with E-state index < -0.39 is 0 Å². The first-order valence-corrected chi connectivity index (χ1v) is 10.7. The molecule has 0 saturated heterocycles. The van der Waals surface area contributed by atoms with Crippen LogP contribution in [0.3, 0.4) is 0 Å². The van der Waals surface area contributed by atoms with Crippen molar-refractivity contribution in [3.8, 4) is 11.5 Å². The van der Waals surface area contributed by atoms with Gasteiger partial charge in [-0.05, 0) is 47.4 Å². The Morgan fingerprint density at radius 2 is 1.77 bits per heavy atom. The molecule has 0 radical (unpaired) electrons. The molecule has 2 N–H and O–H groups in total. The topological polar surface area (TPSA) is 63.3 Å². The van der Waals surface area contributed by atoms with E-state index in [9.17, 15) is 0 Å². The van der Waals surface area contributed by atoms with Crippen LogP contribution in [0.4, 0.5) is 5.69 Å². The Hall–Kier alpha value is -3.32. The third-order valence-corrected chi connectivity index (χ3v) is 5.97. The van der Waals surface area contributed by atoms with Gasteiger partial charge in [0.15, 0.2) is 16.6 Å². The summed E-state index contributed by atoms with van der Waals surface area (Å²) in [6, 6.07) is 18.6. The molecule has 1 unspecified atom stereocenters. The van der Waals surface area contributed by atoms with Crippen LogP contribution in [0.15, 0.2) is 59.7 Å². The molecular formula is C24H24N4O2S. The fraction of sp³-hybridized carbons (Fsp3) is 0.250. The van der Waals surface area contributed by atoms with Crippen molar-refractivity contribution in [3.05, 3.63) is 65.7 Å². The third-order valence-electron chi connectivity index (χ3n) is 5.79. The summed E-state index contributed by atoms with van der Waals surface area (Å²) in [7, 11) is 4.11. The standard InChI is InChI=1S/C24H24N4O2S/c1-27(2)20-9-8-18(16-5-3-4-6-17(16)20)21-14-19(26-28(21)24(25)31)15-7-10-22-23(13-15)30-12-11-29-22/h3-10,13,21H,11-12,14H2,1-2H3,(H2,25,31). The summed E-state index contributed by atoms with van der Waals surface area (Å²) < 4.78 is 11.4.